The first-order valence-electron chi connectivity index (χ1n) is 8.42. The molecule has 1 unspecified atom stereocenters. The molecule has 2 aromatic rings. The van der Waals surface area contributed by atoms with Crippen LogP contribution >= 0.6 is 11.8 Å². The van der Waals surface area contributed by atoms with E-state index in [1.54, 1.807) is 30.0 Å². The van der Waals surface area contributed by atoms with Crippen LogP contribution in [0.4, 0.5) is 0 Å². The molecule has 2 rings (SSSR count). The zero-order valence-corrected chi connectivity index (χ0v) is 16.7. The third kappa shape index (κ3) is 5.65. The molecule has 0 fully saturated rings. The van der Waals surface area contributed by atoms with Crippen molar-refractivity contribution in [3.8, 4) is 11.5 Å². The Balaban J connectivity index is 1.89. The molecule has 0 saturated heterocycles. The number of nitrogens with one attached hydrogen (secondary N) is 2. The van der Waals surface area contributed by atoms with Crippen molar-refractivity contribution < 1.29 is 19.1 Å². The van der Waals surface area contributed by atoms with Gasteiger partial charge in [-0.25, -0.2) is 0 Å². The number of carbonyl (C=O) groups excluding carboxylic acids is 2. The molecule has 144 valence electrons. The van der Waals surface area contributed by atoms with Crippen LogP contribution in [0.1, 0.15) is 28.9 Å². The Kier molecular flexibility index (Phi) is 7.55. The molecule has 6 nitrogen and oxygen atoms in total. The summed E-state index contributed by atoms with van der Waals surface area (Å²) in [5.74, 6) is 0.373. The average Bonchev–Trinajstić information content (AvgIpc) is 2.71. The van der Waals surface area contributed by atoms with Gasteiger partial charge in [-0.1, -0.05) is 12.1 Å². The molecule has 0 aliphatic heterocycles. The van der Waals surface area contributed by atoms with E-state index < -0.39 is 0 Å². The van der Waals surface area contributed by atoms with Gasteiger partial charge >= 0.3 is 0 Å². The zero-order chi connectivity index (χ0) is 19.8. The van der Waals surface area contributed by atoms with Gasteiger partial charge in [0, 0.05) is 10.5 Å². The Hall–Kier alpha value is -2.67. The van der Waals surface area contributed by atoms with Crippen LogP contribution in [0.2, 0.25) is 0 Å². The third-order valence-corrected chi connectivity index (χ3v) is 4.79. The van der Waals surface area contributed by atoms with E-state index in [0.29, 0.717) is 17.1 Å². The van der Waals surface area contributed by atoms with Gasteiger partial charge in [-0.3, -0.25) is 9.59 Å². The van der Waals surface area contributed by atoms with E-state index >= 15 is 0 Å². The summed E-state index contributed by atoms with van der Waals surface area (Å²) in [5.41, 5.74) is 1.40. The molecule has 2 aromatic carbocycles. The largest absolute Gasteiger partial charge is 0.493 e. The molecular weight excluding hydrogens is 364 g/mol. The number of hydrogen-bond donors (Lipinski definition) is 2. The molecule has 0 saturated carbocycles. The standard InChI is InChI=1S/C20H24N2O4S/c1-13(14-5-8-16(27-4)9-6-14)22-19(23)12-21-20(24)15-7-10-17(25-2)18(11-15)26-3/h5-11,13H,12H2,1-4H3,(H,21,24)(H,22,23). The second kappa shape index (κ2) is 9.87. The number of benzene rings is 2. The Morgan fingerprint density at radius 3 is 2.30 bits per heavy atom. The summed E-state index contributed by atoms with van der Waals surface area (Å²) in [6.07, 6.45) is 2.02. The number of amides is 2. The fourth-order valence-corrected chi connectivity index (χ4v) is 2.92. The monoisotopic (exact) mass is 388 g/mol. The van der Waals surface area contributed by atoms with Gasteiger partial charge in [-0.2, -0.15) is 0 Å². The highest BCUT2D eigenvalue weighted by atomic mass is 32.2. The van der Waals surface area contributed by atoms with Crippen molar-refractivity contribution in [2.24, 2.45) is 0 Å². The van der Waals surface area contributed by atoms with Gasteiger partial charge in [0.1, 0.15) is 0 Å². The SMILES string of the molecule is COc1ccc(C(=O)NCC(=O)NC(C)c2ccc(SC)cc2)cc1OC. The first-order chi connectivity index (χ1) is 13.0. The highest BCUT2D eigenvalue weighted by Crippen LogP contribution is 2.27. The maximum absolute atomic E-state index is 12.3. The molecular formula is C20H24N2O4S. The van der Waals surface area contributed by atoms with Crippen molar-refractivity contribution in [2.75, 3.05) is 27.0 Å². The topological polar surface area (TPSA) is 76.7 Å². The molecule has 0 aromatic heterocycles. The Morgan fingerprint density at radius 2 is 1.70 bits per heavy atom. The molecule has 0 aliphatic rings. The number of carbonyl (C=O) groups is 2. The van der Waals surface area contributed by atoms with Gasteiger partial charge < -0.3 is 20.1 Å². The first kappa shape index (κ1) is 20.6. The Labute approximate surface area is 163 Å². The molecule has 2 N–H and O–H groups in total. The van der Waals surface area contributed by atoms with Crippen LogP contribution in [0.25, 0.3) is 0 Å². The molecule has 2 amide bonds. The molecule has 0 heterocycles. The Bertz CT molecular complexity index is 793. The summed E-state index contributed by atoms with van der Waals surface area (Å²) in [4.78, 5) is 25.6. The minimum atomic E-state index is -0.358. The average molecular weight is 388 g/mol. The predicted molar refractivity (Wildman–Crippen MR) is 107 cm³/mol. The summed E-state index contributed by atoms with van der Waals surface area (Å²) < 4.78 is 10.3. The number of rotatable bonds is 8. The van der Waals surface area contributed by atoms with Gasteiger partial charge in [0.05, 0.1) is 26.8 Å². The molecule has 1 atom stereocenters. The second-order valence-corrected chi connectivity index (χ2v) is 6.69. The summed E-state index contributed by atoms with van der Waals surface area (Å²) in [6.45, 7) is 1.79. The van der Waals surface area contributed by atoms with E-state index in [1.165, 1.54) is 19.1 Å². The van der Waals surface area contributed by atoms with Crippen LogP contribution < -0.4 is 20.1 Å². The molecule has 0 radical (unpaired) electrons. The van der Waals surface area contributed by atoms with Crippen LogP contribution in [0.15, 0.2) is 47.4 Å². The minimum absolute atomic E-state index is 0.111. The van der Waals surface area contributed by atoms with E-state index in [0.717, 1.165) is 5.56 Å². The van der Waals surface area contributed by atoms with Crippen molar-refractivity contribution in [2.45, 2.75) is 17.9 Å². The van der Waals surface area contributed by atoms with Crippen LogP contribution in [-0.4, -0.2) is 38.8 Å². The number of thioether (sulfide) groups is 1. The second-order valence-electron chi connectivity index (χ2n) is 5.81. The summed E-state index contributed by atoms with van der Waals surface area (Å²) >= 11 is 1.67. The summed E-state index contributed by atoms with van der Waals surface area (Å²) in [7, 11) is 3.03. The lowest BCUT2D eigenvalue weighted by Gasteiger charge is -2.15. The highest BCUT2D eigenvalue weighted by molar-refractivity contribution is 7.98. The lowest BCUT2D eigenvalue weighted by molar-refractivity contribution is -0.120. The van der Waals surface area contributed by atoms with Gasteiger partial charge in [0.2, 0.25) is 5.91 Å². The van der Waals surface area contributed by atoms with Gasteiger partial charge in [0.25, 0.3) is 5.91 Å². The smallest absolute Gasteiger partial charge is 0.251 e. The van der Waals surface area contributed by atoms with Crippen molar-refractivity contribution in [3.63, 3.8) is 0 Å². The highest BCUT2D eigenvalue weighted by Gasteiger charge is 2.13. The first-order valence-corrected chi connectivity index (χ1v) is 9.64. The van der Waals surface area contributed by atoms with Gasteiger partial charge in [-0.15, -0.1) is 11.8 Å². The van der Waals surface area contributed by atoms with Crippen molar-refractivity contribution in [1.29, 1.82) is 0 Å². The van der Waals surface area contributed by atoms with Crippen LogP contribution in [0.5, 0.6) is 11.5 Å². The fraction of sp³-hybridized carbons (Fsp3) is 0.300. The summed E-state index contributed by atoms with van der Waals surface area (Å²) in [6, 6.07) is 12.7. The summed E-state index contributed by atoms with van der Waals surface area (Å²) in [5, 5.41) is 5.49. The van der Waals surface area contributed by atoms with Crippen molar-refractivity contribution in [1.82, 2.24) is 10.6 Å². The Morgan fingerprint density at radius 1 is 1.04 bits per heavy atom. The molecule has 0 bridgehead atoms. The number of methoxy groups -OCH3 is 2. The van der Waals surface area contributed by atoms with Crippen LogP contribution in [-0.2, 0) is 4.79 Å². The van der Waals surface area contributed by atoms with E-state index in [9.17, 15) is 9.59 Å². The van der Waals surface area contributed by atoms with E-state index in [-0.39, 0.29) is 24.4 Å². The van der Waals surface area contributed by atoms with Crippen LogP contribution in [0.3, 0.4) is 0 Å². The minimum Gasteiger partial charge on any atom is -0.493 e. The van der Waals surface area contributed by atoms with Crippen LogP contribution in [0, 0.1) is 0 Å². The predicted octanol–water partition coefficient (Wildman–Crippen LogP) is 3.03. The maximum atomic E-state index is 12.3. The normalized spacial score (nSPS) is 11.4. The van der Waals surface area contributed by atoms with Crippen molar-refractivity contribution in [3.05, 3.63) is 53.6 Å². The van der Waals surface area contributed by atoms with Gasteiger partial charge in [0.15, 0.2) is 11.5 Å². The fourth-order valence-electron chi connectivity index (χ4n) is 2.51. The van der Waals surface area contributed by atoms with E-state index in [1.807, 2.05) is 37.4 Å². The zero-order valence-electron chi connectivity index (χ0n) is 15.9. The quantitative estimate of drug-likeness (QED) is 0.680. The van der Waals surface area contributed by atoms with E-state index in [4.69, 9.17) is 9.47 Å². The molecule has 7 heteroatoms. The molecule has 0 aliphatic carbocycles. The van der Waals surface area contributed by atoms with E-state index in [2.05, 4.69) is 10.6 Å². The lowest BCUT2D eigenvalue weighted by atomic mass is 10.1. The molecule has 27 heavy (non-hydrogen) atoms. The lowest BCUT2D eigenvalue weighted by Crippen LogP contribution is -2.38. The molecule has 0 spiro atoms. The third-order valence-electron chi connectivity index (χ3n) is 4.05. The van der Waals surface area contributed by atoms with Crippen molar-refractivity contribution >= 4 is 23.6 Å². The number of hydrogen-bond acceptors (Lipinski definition) is 5. The maximum Gasteiger partial charge on any atom is 0.251 e. The number of ether oxygens (including phenoxy) is 2. The van der Waals surface area contributed by atoms with Gasteiger partial charge in [-0.05, 0) is 49.1 Å².